The number of aliphatic hydroxyl groups excluding tert-OH is 2. The lowest BCUT2D eigenvalue weighted by Crippen LogP contribution is -2.62. The van der Waals surface area contributed by atoms with Gasteiger partial charge in [-0.1, -0.05) is 50.6 Å². The molecule has 0 fully saturated rings. The van der Waals surface area contributed by atoms with Gasteiger partial charge in [-0.3, -0.25) is 14.4 Å². The van der Waals surface area contributed by atoms with E-state index in [1.807, 2.05) is 6.92 Å². The molecule has 1 aromatic rings. The van der Waals surface area contributed by atoms with Crippen LogP contribution in [-0.4, -0.2) is 75.4 Å². The summed E-state index contributed by atoms with van der Waals surface area (Å²) in [4.78, 5) is 49.6. The molecule has 8 N–H and O–H groups in total. The molecular weight excluding hydrogens is 444 g/mol. The Morgan fingerprint density at radius 3 is 1.76 bits per heavy atom. The first-order valence-electron chi connectivity index (χ1n) is 11.2. The number of nitrogens with one attached hydrogen (secondary N) is 3. The van der Waals surface area contributed by atoms with Crippen molar-refractivity contribution in [1.82, 2.24) is 16.0 Å². The molecule has 0 spiro atoms. The fourth-order valence-corrected chi connectivity index (χ4v) is 3.13. The molecule has 0 aliphatic heterocycles. The van der Waals surface area contributed by atoms with Crippen molar-refractivity contribution in [2.75, 3.05) is 0 Å². The summed E-state index contributed by atoms with van der Waals surface area (Å²) >= 11 is 0. The maximum atomic E-state index is 12.8. The summed E-state index contributed by atoms with van der Waals surface area (Å²) in [5.74, 6) is -3.98. The van der Waals surface area contributed by atoms with Gasteiger partial charge in [0.25, 0.3) is 0 Å². The molecule has 7 atom stereocenters. The third kappa shape index (κ3) is 8.73. The molecule has 0 radical (unpaired) electrons. The first-order chi connectivity index (χ1) is 15.9. The van der Waals surface area contributed by atoms with Gasteiger partial charge in [0.05, 0.1) is 18.2 Å². The van der Waals surface area contributed by atoms with Gasteiger partial charge < -0.3 is 37.0 Å². The van der Waals surface area contributed by atoms with E-state index < -0.39 is 60.1 Å². The zero-order chi connectivity index (χ0) is 26.0. The lowest BCUT2D eigenvalue weighted by atomic mass is 9.98. The van der Waals surface area contributed by atoms with Gasteiger partial charge in [0, 0.05) is 6.42 Å². The minimum atomic E-state index is -1.54. The Morgan fingerprint density at radius 1 is 0.853 bits per heavy atom. The van der Waals surface area contributed by atoms with E-state index in [0.717, 1.165) is 0 Å². The molecule has 11 nitrogen and oxygen atoms in total. The summed E-state index contributed by atoms with van der Waals surface area (Å²) in [6.45, 7) is 6.14. The number of hydrogen-bond donors (Lipinski definition) is 7. The van der Waals surface area contributed by atoms with Gasteiger partial charge in [-0.15, -0.1) is 0 Å². The van der Waals surface area contributed by atoms with Crippen molar-refractivity contribution in [2.24, 2.45) is 11.7 Å². The Labute approximate surface area is 199 Å². The number of carboxylic acids is 1. The van der Waals surface area contributed by atoms with E-state index in [0.29, 0.717) is 12.0 Å². The Hall–Kier alpha value is -3.02. The number of aliphatic hydroxyl groups is 2. The summed E-state index contributed by atoms with van der Waals surface area (Å²) in [5, 5.41) is 36.6. The zero-order valence-electron chi connectivity index (χ0n) is 19.9. The molecule has 0 heterocycles. The third-order valence-electron chi connectivity index (χ3n) is 5.58. The zero-order valence-corrected chi connectivity index (χ0v) is 19.9. The molecule has 1 rings (SSSR count). The summed E-state index contributed by atoms with van der Waals surface area (Å²) in [6, 6.07) is 3.43. The van der Waals surface area contributed by atoms with Gasteiger partial charge in [-0.25, -0.2) is 4.79 Å². The number of benzene rings is 1. The second kappa shape index (κ2) is 13.6. The highest BCUT2D eigenvalue weighted by molar-refractivity contribution is 5.94. The monoisotopic (exact) mass is 480 g/mol. The number of amides is 3. The lowest BCUT2D eigenvalue weighted by molar-refractivity contribution is -0.143. The van der Waals surface area contributed by atoms with Crippen LogP contribution in [0.4, 0.5) is 0 Å². The second-order valence-corrected chi connectivity index (χ2v) is 8.45. The molecule has 1 aromatic carbocycles. The number of nitrogens with two attached hydrogens (primary N) is 1. The standard InChI is InChI=1S/C23H36N4O7/c1-5-12(2)17(24)20(30)26-19(14(4)29)22(32)27-18(13(3)28)21(31)25-16(23(33)34)11-15-9-7-6-8-10-15/h6-10,12-14,16-19,28-29H,5,11,24H2,1-4H3,(H,25,31)(H,26,30)(H,27,32)(H,33,34). The van der Waals surface area contributed by atoms with Crippen LogP contribution < -0.4 is 21.7 Å². The highest BCUT2D eigenvalue weighted by Crippen LogP contribution is 2.08. The average molecular weight is 481 g/mol. The number of hydrogen-bond acceptors (Lipinski definition) is 7. The summed E-state index contributed by atoms with van der Waals surface area (Å²) in [5.41, 5.74) is 6.55. The van der Waals surface area contributed by atoms with E-state index in [1.165, 1.54) is 13.8 Å². The predicted molar refractivity (Wildman–Crippen MR) is 124 cm³/mol. The quantitative estimate of drug-likeness (QED) is 0.185. The van der Waals surface area contributed by atoms with Gasteiger partial charge in [0.2, 0.25) is 17.7 Å². The van der Waals surface area contributed by atoms with Gasteiger partial charge >= 0.3 is 5.97 Å². The molecule has 0 aliphatic rings. The van der Waals surface area contributed by atoms with Gasteiger partial charge in [-0.05, 0) is 25.3 Å². The normalized spacial score (nSPS) is 17.3. The Bertz CT molecular complexity index is 832. The number of aliphatic carboxylic acids is 1. The van der Waals surface area contributed by atoms with Crippen molar-refractivity contribution in [1.29, 1.82) is 0 Å². The molecule has 0 saturated carbocycles. The van der Waals surface area contributed by atoms with Gasteiger partial charge in [0.1, 0.15) is 18.1 Å². The highest BCUT2D eigenvalue weighted by atomic mass is 16.4. The Morgan fingerprint density at radius 2 is 1.32 bits per heavy atom. The average Bonchev–Trinajstić information content (AvgIpc) is 2.79. The first-order valence-corrected chi connectivity index (χ1v) is 11.2. The van der Waals surface area contributed by atoms with E-state index >= 15 is 0 Å². The van der Waals surface area contributed by atoms with Crippen LogP contribution in [0.1, 0.15) is 39.7 Å². The van der Waals surface area contributed by atoms with Crippen LogP contribution in [0.2, 0.25) is 0 Å². The fraction of sp³-hybridized carbons (Fsp3) is 0.565. The predicted octanol–water partition coefficient (Wildman–Crippen LogP) is -1.10. The molecular formula is C23H36N4O7. The number of rotatable bonds is 13. The van der Waals surface area contributed by atoms with E-state index in [9.17, 15) is 34.5 Å². The summed E-state index contributed by atoms with van der Waals surface area (Å²) < 4.78 is 0. The van der Waals surface area contributed by atoms with Crippen LogP contribution in [0.25, 0.3) is 0 Å². The first kappa shape index (κ1) is 29.0. The highest BCUT2D eigenvalue weighted by Gasteiger charge is 2.34. The SMILES string of the molecule is CCC(C)C(N)C(=O)NC(C(=O)NC(C(=O)NC(Cc1ccccc1)C(=O)O)C(C)O)C(C)O. The van der Waals surface area contributed by atoms with Crippen molar-refractivity contribution in [2.45, 2.75) is 76.9 Å². The Balaban J connectivity index is 2.94. The second-order valence-electron chi connectivity index (χ2n) is 8.45. The molecule has 0 aliphatic carbocycles. The molecule has 7 unspecified atom stereocenters. The van der Waals surface area contributed by atoms with E-state index in [2.05, 4.69) is 16.0 Å². The van der Waals surface area contributed by atoms with Crippen LogP contribution in [0.15, 0.2) is 30.3 Å². The third-order valence-corrected chi connectivity index (χ3v) is 5.58. The Kier molecular flexibility index (Phi) is 11.6. The molecule has 3 amide bonds. The van der Waals surface area contributed by atoms with Crippen LogP contribution in [0, 0.1) is 5.92 Å². The summed E-state index contributed by atoms with van der Waals surface area (Å²) in [6.07, 6.45) is -2.13. The molecule has 34 heavy (non-hydrogen) atoms. The molecule has 190 valence electrons. The maximum Gasteiger partial charge on any atom is 0.326 e. The van der Waals surface area contributed by atoms with Gasteiger partial charge in [-0.2, -0.15) is 0 Å². The van der Waals surface area contributed by atoms with Crippen molar-refractivity contribution < 1.29 is 34.5 Å². The number of carbonyl (C=O) groups excluding carboxylic acids is 3. The van der Waals surface area contributed by atoms with Crippen molar-refractivity contribution >= 4 is 23.7 Å². The number of carbonyl (C=O) groups is 4. The minimum absolute atomic E-state index is 0.0117. The summed E-state index contributed by atoms with van der Waals surface area (Å²) in [7, 11) is 0. The molecule has 11 heteroatoms. The van der Waals surface area contributed by atoms with E-state index in [1.54, 1.807) is 37.3 Å². The number of carboxylic acid groups (broad SMARTS) is 1. The minimum Gasteiger partial charge on any atom is -0.480 e. The smallest absolute Gasteiger partial charge is 0.326 e. The van der Waals surface area contributed by atoms with Crippen molar-refractivity contribution in [3.05, 3.63) is 35.9 Å². The van der Waals surface area contributed by atoms with Gasteiger partial charge in [0.15, 0.2) is 0 Å². The largest absolute Gasteiger partial charge is 0.480 e. The van der Waals surface area contributed by atoms with E-state index in [-0.39, 0.29) is 12.3 Å². The molecule has 0 bridgehead atoms. The van der Waals surface area contributed by atoms with Crippen molar-refractivity contribution in [3.8, 4) is 0 Å². The maximum absolute atomic E-state index is 12.8. The van der Waals surface area contributed by atoms with Crippen LogP contribution in [0.5, 0.6) is 0 Å². The van der Waals surface area contributed by atoms with E-state index in [4.69, 9.17) is 5.73 Å². The van der Waals surface area contributed by atoms with Crippen molar-refractivity contribution in [3.63, 3.8) is 0 Å². The lowest BCUT2D eigenvalue weighted by Gasteiger charge is -2.28. The van der Waals surface area contributed by atoms with Crippen LogP contribution in [0.3, 0.4) is 0 Å². The molecule has 0 saturated heterocycles. The van der Waals surface area contributed by atoms with Crippen LogP contribution >= 0.6 is 0 Å². The fourth-order valence-electron chi connectivity index (χ4n) is 3.13. The topological polar surface area (TPSA) is 191 Å². The molecule has 0 aromatic heterocycles. The van der Waals surface area contributed by atoms with Crippen LogP contribution in [-0.2, 0) is 25.6 Å².